The normalized spacial score (nSPS) is 10.9. The molecule has 0 aliphatic heterocycles. The van der Waals surface area contributed by atoms with Crippen LogP contribution in [0.4, 0.5) is 10.1 Å². The van der Waals surface area contributed by atoms with Crippen molar-refractivity contribution in [2.75, 3.05) is 18.0 Å². The maximum atomic E-state index is 13.5. The molecule has 0 saturated heterocycles. The molecule has 0 bridgehead atoms. The lowest BCUT2D eigenvalue weighted by Crippen LogP contribution is -2.31. The second-order valence-corrected chi connectivity index (χ2v) is 4.64. The van der Waals surface area contributed by atoms with E-state index in [9.17, 15) is 4.39 Å². The van der Waals surface area contributed by atoms with Crippen LogP contribution in [-0.4, -0.2) is 19.1 Å². The van der Waals surface area contributed by atoms with Gasteiger partial charge in [0.25, 0.3) is 0 Å². The highest BCUT2D eigenvalue weighted by Crippen LogP contribution is 2.21. The number of hydrogen-bond donors (Lipinski definition) is 1. The third-order valence-corrected chi connectivity index (χ3v) is 2.79. The Hall–Kier alpha value is -1.09. The molecule has 0 fully saturated rings. The first-order valence-corrected chi connectivity index (χ1v) is 6.34. The number of nitrogens with two attached hydrogens (primary N) is 1. The van der Waals surface area contributed by atoms with Crippen LogP contribution in [0.2, 0.25) is 0 Å². The average molecular weight is 238 g/mol. The van der Waals surface area contributed by atoms with Crippen molar-refractivity contribution >= 4 is 5.69 Å². The number of rotatable bonds is 6. The van der Waals surface area contributed by atoms with Crippen molar-refractivity contribution in [3.8, 4) is 0 Å². The molecule has 0 aromatic heterocycles. The van der Waals surface area contributed by atoms with E-state index in [2.05, 4.69) is 25.7 Å². The minimum absolute atomic E-state index is 0.173. The molecule has 2 nitrogen and oxygen atoms in total. The molecule has 1 aromatic carbocycles. The van der Waals surface area contributed by atoms with Crippen molar-refractivity contribution in [3.63, 3.8) is 0 Å². The van der Waals surface area contributed by atoms with Crippen LogP contribution < -0.4 is 10.6 Å². The highest BCUT2D eigenvalue weighted by molar-refractivity contribution is 5.50. The molecule has 3 heteroatoms. The van der Waals surface area contributed by atoms with Gasteiger partial charge in [-0.1, -0.05) is 6.92 Å². The van der Waals surface area contributed by atoms with Gasteiger partial charge in [0.2, 0.25) is 0 Å². The molecule has 0 amide bonds. The van der Waals surface area contributed by atoms with E-state index in [4.69, 9.17) is 5.73 Å². The molecular formula is C14H23FN2. The lowest BCUT2D eigenvalue weighted by atomic mass is 10.1. The zero-order valence-corrected chi connectivity index (χ0v) is 11.0. The molecule has 0 heterocycles. The maximum Gasteiger partial charge on any atom is 0.125 e. The van der Waals surface area contributed by atoms with Crippen molar-refractivity contribution < 1.29 is 4.39 Å². The van der Waals surface area contributed by atoms with Gasteiger partial charge in [0, 0.05) is 18.3 Å². The second-order valence-electron chi connectivity index (χ2n) is 4.64. The van der Waals surface area contributed by atoms with E-state index >= 15 is 0 Å². The summed E-state index contributed by atoms with van der Waals surface area (Å²) in [5, 5.41) is 0. The van der Waals surface area contributed by atoms with E-state index in [0.717, 1.165) is 30.6 Å². The SMILES string of the molecule is CCCN(c1cc(F)cc(CCN)c1)C(C)C. The topological polar surface area (TPSA) is 29.3 Å². The van der Waals surface area contributed by atoms with Crippen molar-refractivity contribution in [3.05, 3.63) is 29.6 Å². The molecule has 1 aromatic rings. The summed E-state index contributed by atoms with van der Waals surface area (Å²) in [5.41, 5.74) is 7.46. The van der Waals surface area contributed by atoms with Gasteiger partial charge in [0.15, 0.2) is 0 Å². The molecular weight excluding hydrogens is 215 g/mol. The molecule has 0 unspecified atom stereocenters. The Morgan fingerprint density at radius 1 is 1.29 bits per heavy atom. The summed E-state index contributed by atoms with van der Waals surface area (Å²) in [7, 11) is 0. The zero-order valence-electron chi connectivity index (χ0n) is 11.0. The quantitative estimate of drug-likeness (QED) is 0.825. The van der Waals surface area contributed by atoms with Gasteiger partial charge >= 0.3 is 0 Å². The molecule has 0 saturated carbocycles. The van der Waals surface area contributed by atoms with Gasteiger partial charge < -0.3 is 10.6 Å². The van der Waals surface area contributed by atoms with Gasteiger partial charge in [-0.15, -0.1) is 0 Å². The Balaban J connectivity index is 3.00. The molecule has 0 radical (unpaired) electrons. The molecule has 1 rings (SSSR count). The molecule has 17 heavy (non-hydrogen) atoms. The third kappa shape index (κ3) is 4.00. The van der Waals surface area contributed by atoms with Gasteiger partial charge in [-0.3, -0.25) is 0 Å². The Labute approximate surface area is 104 Å². The van der Waals surface area contributed by atoms with E-state index in [1.165, 1.54) is 0 Å². The van der Waals surface area contributed by atoms with E-state index in [0.29, 0.717) is 12.6 Å². The van der Waals surface area contributed by atoms with Crippen LogP contribution in [0.25, 0.3) is 0 Å². The number of anilines is 1. The lowest BCUT2D eigenvalue weighted by molar-refractivity contribution is 0.618. The Kier molecular flexibility index (Phi) is 5.42. The minimum Gasteiger partial charge on any atom is -0.369 e. The maximum absolute atomic E-state index is 13.5. The van der Waals surface area contributed by atoms with Gasteiger partial charge in [-0.25, -0.2) is 4.39 Å². The van der Waals surface area contributed by atoms with Crippen LogP contribution in [0.3, 0.4) is 0 Å². The molecule has 0 aliphatic carbocycles. The fraction of sp³-hybridized carbons (Fsp3) is 0.571. The Bertz CT molecular complexity index is 350. The van der Waals surface area contributed by atoms with Crippen LogP contribution >= 0.6 is 0 Å². The van der Waals surface area contributed by atoms with Gasteiger partial charge in [-0.2, -0.15) is 0 Å². The van der Waals surface area contributed by atoms with E-state index in [1.807, 2.05) is 6.07 Å². The summed E-state index contributed by atoms with van der Waals surface area (Å²) < 4.78 is 13.5. The summed E-state index contributed by atoms with van der Waals surface area (Å²) >= 11 is 0. The first-order valence-electron chi connectivity index (χ1n) is 6.34. The largest absolute Gasteiger partial charge is 0.369 e. The predicted molar refractivity (Wildman–Crippen MR) is 71.9 cm³/mol. The molecule has 0 atom stereocenters. The Morgan fingerprint density at radius 3 is 2.53 bits per heavy atom. The highest BCUT2D eigenvalue weighted by atomic mass is 19.1. The number of halogens is 1. The summed E-state index contributed by atoms with van der Waals surface area (Å²) in [5.74, 6) is -0.173. The molecule has 0 aliphatic rings. The number of hydrogen-bond acceptors (Lipinski definition) is 2. The van der Waals surface area contributed by atoms with Crippen molar-refractivity contribution in [1.82, 2.24) is 0 Å². The van der Waals surface area contributed by atoms with E-state index in [1.54, 1.807) is 12.1 Å². The second kappa shape index (κ2) is 6.60. The smallest absolute Gasteiger partial charge is 0.125 e. The Morgan fingerprint density at radius 2 is 2.00 bits per heavy atom. The highest BCUT2D eigenvalue weighted by Gasteiger charge is 2.11. The zero-order chi connectivity index (χ0) is 12.8. The first-order chi connectivity index (χ1) is 8.08. The van der Waals surface area contributed by atoms with Crippen LogP contribution in [0.15, 0.2) is 18.2 Å². The standard InChI is InChI=1S/C14H23FN2/c1-4-7-17(11(2)3)14-9-12(5-6-16)8-13(15)10-14/h8-11H,4-7,16H2,1-3H3. The van der Waals surface area contributed by atoms with Crippen LogP contribution in [0, 0.1) is 5.82 Å². The minimum atomic E-state index is -0.173. The number of benzene rings is 1. The lowest BCUT2D eigenvalue weighted by Gasteiger charge is -2.29. The van der Waals surface area contributed by atoms with E-state index in [-0.39, 0.29) is 5.82 Å². The van der Waals surface area contributed by atoms with Gasteiger partial charge in [-0.05, 0) is 57.0 Å². The van der Waals surface area contributed by atoms with Crippen LogP contribution in [0.1, 0.15) is 32.8 Å². The first kappa shape index (κ1) is 14.0. The van der Waals surface area contributed by atoms with Gasteiger partial charge in [0.1, 0.15) is 5.82 Å². The molecule has 0 spiro atoms. The van der Waals surface area contributed by atoms with E-state index < -0.39 is 0 Å². The summed E-state index contributed by atoms with van der Waals surface area (Å²) in [6, 6.07) is 5.60. The van der Waals surface area contributed by atoms with Crippen LogP contribution in [-0.2, 0) is 6.42 Å². The number of nitrogens with zero attached hydrogens (tertiary/aromatic N) is 1. The van der Waals surface area contributed by atoms with Gasteiger partial charge in [0.05, 0.1) is 0 Å². The van der Waals surface area contributed by atoms with Crippen molar-refractivity contribution in [2.45, 2.75) is 39.7 Å². The van der Waals surface area contributed by atoms with Crippen molar-refractivity contribution in [1.29, 1.82) is 0 Å². The van der Waals surface area contributed by atoms with Crippen LogP contribution in [0.5, 0.6) is 0 Å². The molecule has 2 N–H and O–H groups in total. The predicted octanol–water partition coefficient (Wildman–Crippen LogP) is 2.95. The summed E-state index contributed by atoms with van der Waals surface area (Å²) in [6.07, 6.45) is 1.78. The fourth-order valence-corrected chi connectivity index (χ4v) is 2.04. The monoisotopic (exact) mass is 238 g/mol. The summed E-state index contributed by atoms with van der Waals surface area (Å²) in [6.45, 7) is 7.89. The fourth-order valence-electron chi connectivity index (χ4n) is 2.04. The van der Waals surface area contributed by atoms with Crippen molar-refractivity contribution in [2.24, 2.45) is 5.73 Å². The molecule has 96 valence electrons. The third-order valence-electron chi connectivity index (χ3n) is 2.79. The summed E-state index contributed by atoms with van der Waals surface area (Å²) in [4.78, 5) is 2.23. The average Bonchev–Trinajstić information content (AvgIpc) is 2.25.